The summed E-state index contributed by atoms with van der Waals surface area (Å²) in [5.41, 5.74) is 1.87. The maximum atomic E-state index is 13.7. The summed E-state index contributed by atoms with van der Waals surface area (Å²) in [7, 11) is 0. The fourth-order valence-corrected chi connectivity index (χ4v) is 3.60. The lowest BCUT2D eigenvalue weighted by molar-refractivity contribution is -0.138. The number of amides is 1. The number of alkyl halides is 3. The highest BCUT2D eigenvalue weighted by atomic mass is 19.4. The minimum atomic E-state index is -4.51. The first-order valence-corrected chi connectivity index (χ1v) is 9.34. The number of fused-ring (bicyclic) bond motifs is 1. The molecule has 154 valence electrons. The Balaban J connectivity index is 1.57. The minimum Gasteiger partial charge on any atom is -0.489 e. The molecule has 0 unspecified atom stereocenters. The van der Waals surface area contributed by atoms with E-state index in [9.17, 15) is 23.1 Å². The molecule has 0 atom stereocenters. The topological polar surface area (TPSA) is 49.8 Å². The predicted octanol–water partition coefficient (Wildman–Crippen LogP) is 5.99. The van der Waals surface area contributed by atoms with Gasteiger partial charge in [-0.2, -0.15) is 13.2 Å². The van der Waals surface area contributed by atoms with Crippen LogP contribution in [0.1, 0.15) is 16.7 Å². The molecule has 3 aromatic carbocycles. The van der Waals surface area contributed by atoms with E-state index >= 15 is 0 Å². The molecule has 0 radical (unpaired) electrons. The van der Waals surface area contributed by atoms with Gasteiger partial charge in [-0.1, -0.05) is 42.5 Å². The van der Waals surface area contributed by atoms with Crippen LogP contribution >= 0.6 is 0 Å². The Morgan fingerprint density at radius 2 is 1.77 bits per heavy atom. The molecule has 30 heavy (non-hydrogen) atoms. The Kier molecular flexibility index (Phi) is 5.11. The van der Waals surface area contributed by atoms with Crippen LogP contribution < -0.4 is 9.64 Å². The standard InChI is InChI=1S/C23H18F3NO3/c24-23(25,26)20-13-16(15-4-2-1-3-5-15)6-7-18(20)14-30-19-8-9-21-17(12-19)10-11-27(21)22(28)29/h1-9,12-13H,10-11,14H2,(H,28,29). The molecular formula is C23H18F3NO3. The van der Waals surface area contributed by atoms with E-state index in [1.807, 2.05) is 6.07 Å². The van der Waals surface area contributed by atoms with Crippen LogP contribution in [0.25, 0.3) is 11.1 Å². The highest BCUT2D eigenvalue weighted by Gasteiger charge is 2.34. The van der Waals surface area contributed by atoms with Crippen LogP contribution in [0.2, 0.25) is 0 Å². The molecule has 1 heterocycles. The lowest BCUT2D eigenvalue weighted by Gasteiger charge is -2.16. The third-order valence-corrected chi connectivity index (χ3v) is 5.09. The van der Waals surface area contributed by atoms with Crippen LogP contribution in [0.15, 0.2) is 66.7 Å². The maximum Gasteiger partial charge on any atom is 0.416 e. The summed E-state index contributed by atoms with van der Waals surface area (Å²) in [6.45, 7) is 0.110. The highest BCUT2D eigenvalue weighted by molar-refractivity contribution is 5.89. The largest absolute Gasteiger partial charge is 0.489 e. The first-order chi connectivity index (χ1) is 14.3. The quantitative estimate of drug-likeness (QED) is 0.571. The zero-order valence-electron chi connectivity index (χ0n) is 15.8. The monoisotopic (exact) mass is 413 g/mol. The average Bonchev–Trinajstić information content (AvgIpc) is 3.16. The smallest absolute Gasteiger partial charge is 0.416 e. The number of halogens is 3. The van der Waals surface area contributed by atoms with Crippen LogP contribution in [0.4, 0.5) is 23.7 Å². The van der Waals surface area contributed by atoms with Gasteiger partial charge in [-0.3, -0.25) is 4.90 Å². The Morgan fingerprint density at radius 3 is 2.47 bits per heavy atom. The van der Waals surface area contributed by atoms with Crippen molar-refractivity contribution in [2.75, 3.05) is 11.4 Å². The van der Waals surface area contributed by atoms with E-state index in [2.05, 4.69) is 0 Å². The van der Waals surface area contributed by atoms with Crippen molar-refractivity contribution >= 4 is 11.8 Å². The molecule has 4 nitrogen and oxygen atoms in total. The van der Waals surface area contributed by atoms with Crippen molar-refractivity contribution in [1.29, 1.82) is 0 Å². The third kappa shape index (κ3) is 3.96. The summed E-state index contributed by atoms with van der Waals surface area (Å²) in [6, 6.07) is 18.0. The number of ether oxygens (including phenoxy) is 1. The summed E-state index contributed by atoms with van der Waals surface area (Å²) in [5, 5.41) is 9.18. The van der Waals surface area contributed by atoms with Crippen molar-refractivity contribution in [1.82, 2.24) is 0 Å². The summed E-state index contributed by atoms with van der Waals surface area (Å²) in [6.07, 6.45) is -5.00. The fourth-order valence-electron chi connectivity index (χ4n) is 3.60. The van der Waals surface area contributed by atoms with Crippen molar-refractivity contribution in [2.24, 2.45) is 0 Å². The van der Waals surface area contributed by atoms with E-state index in [1.54, 1.807) is 48.5 Å². The third-order valence-electron chi connectivity index (χ3n) is 5.09. The van der Waals surface area contributed by atoms with Gasteiger partial charge < -0.3 is 9.84 Å². The zero-order valence-corrected chi connectivity index (χ0v) is 15.8. The number of rotatable bonds is 4. The van der Waals surface area contributed by atoms with Gasteiger partial charge in [-0.05, 0) is 47.4 Å². The van der Waals surface area contributed by atoms with Crippen LogP contribution in [-0.4, -0.2) is 17.7 Å². The maximum absolute atomic E-state index is 13.7. The van der Waals surface area contributed by atoms with Crippen LogP contribution in [-0.2, 0) is 19.2 Å². The van der Waals surface area contributed by atoms with E-state index in [0.717, 1.165) is 11.6 Å². The number of anilines is 1. The first-order valence-electron chi connectivity index (χ1n) is 9.34. The number of hydrogen-bond acceptors (Lipinski definition) is 2. The minimum absolute atomic E-state index is 0.0369. The molecule has 0 saturated carbocycles. The van der Waals surface area contributed by atoms with Gasteiger partial charge in [0.2, 0.25) is 0 Å². The van der Waals surface area contributed by atoms with Gasteiger partial charge in [-0.15, -0.1) is 0 Å². The Bertz CT molecular complexity index is 1080. The second-order valence-electron chi connectivity index (χ2n) is 7.00. The van der Waals surface area contributed by atoms with Crippen molar-refractivity contribution in [3.05, 3.63) is 83.4 Å². The van der Waals surface area contributed by atoms with Crippen molar-refractivity contribution in [3.8, 4) is 16.9 Å². The predicted molar refractivity (Wildman–Crippen MR) is 107 cm³/mol. The molecule has 1 aliphatic rings. The van der Waals surface area contributed by atoms with Gasteiger partial charge in [0, 0.05) is 12.1 Å². The number of carbonyl (C=O) groups is 1. The highest BCUT2D eigenvalue weighted by Crippen LogP contribution is 2.36. The molecule has 4 rings (SSSR count). The fraction of sp³-hybridized carbons (Fsp3) is 0.174. The number of hydrogen-bond donors (Lipinski definition) is 1. The summed E-state index contributed by atoms with van der Waals surface area (Å²) in [5.74, 6) is 0.404. The summed E-state index contributed by atoms with van der Waals surface area (Å²) >= 11 is 0. The van der Waals surface area contributed by atoms with E-state index in [1.165, 1.54) is 11.0 Å². The molecule has 0 fully saturated rings. The molecule has 1 aliphatic heterocycles. The molecule has 3 aromatic rings. The van der Waals surface area contributed by atoms with Gasteiger partial charge in [0.15, 0.2) is 0 Å². The lowest BCUT2D eigenvalue weighted by Crippen LogP contribution is -2.26. The first kappa shape index (κ1) is 19.8. The molecule has 0 spiro atoms. The van der Waals surface area contributed by atoms with Crippen LogP contribution in [0.3, 0.4) is 0 Å². The van der Waals surface area contributed by atoms with E-state index in [4.69, 9.17) is 4.74 Å². The second kappa shape index (κ2) is 7.74. The van der Waals surface area contributed by atoms with Gasteiger partial charge in [0.1, 0.15) is 12.4 Å². The SMILES string of the molecule is O=C(O)N1CCc2cc(OCc3ccc(-c4ccccc4)cc3C(F)(F)F)ccc21. The van der Waals surface area contributed by atoms with Gasteiger partial charge in [-0.25, -0.2) is 4.79 Å². The van der Waals surface area contributed by atoms with E-state index in [0.29, 0.717) is 35.5 Å². The van der Waals surface area contributed by atoms with Gasteiger partial charge in [0.05, 0.1) is 11.3 Å². The average molecular weight is 413 g/mol. The summed E-state index contributed by atoms with van der Waals surface area (Å²) < 4.78 is 46.6. The zero-order chi connectivity index (χ0) is 21.3. The van der Waals surface area contributed by atoms with Crippen LogP contribution in [0.5, 0.6) is 5.75 Å². The van der Waals surface area contributed by atoms with Crippen molar-refractivity contribution < 1.29 is 27.8 Å². The molecule has 0 aromatic heterocycles. The molecule has 0 bridgehead atoms. The number of nitrogens with zero attached hydrogens (tertiary/aromatic N) is 1. The van der Waals surface area contributed by atoms with Crippen molar-refractivity contribution in [3.63, 3.8) is 0 Å². The molecular weight excluding hydrogens is 395 g/mol. The molecule has 0 saturated heterocycles. The van der Waals surface area contributed by atoms with E-state index < -0.39 is 17.8 Å². The molecule has 7 heteroatoms. The lowest BCUT2D eigenvalue weighted by atomic mass is 9.99. The van der Waals surface area contributed by atoms with Gasteiger partial charge >= 0.3 is 12.3 Å². The molecule has 0 aliphatic carbocycles. The van der Waals surface area contributed by atoms with Crippen molar-refractivity contribution in [2.45, 2.75) is 19.2 Å². The normalized spacial score (nSPS) is 13.2. The van der Waals surface area contributed by atoms with Gasteiger partial charge in [0.25, 0.3) is 0 Å². The number of benzene rings is 3. The summed E-state index contributed by atoms with van der Waals surface area (Å²) in [4.78, 5) is 12.4. The Hall–Kier alpha value is -3.48. The number of carboxylic acid groups (broad SMARTS) is 1. The Labute approximate surface area is 171 Å². The molecule has 1 N–H and O–H groups in total. The van der Waals surface area contributed by atoms with Crippen LogP contribution in [0, 0.1) is 0 Å². The Morgan fingerprint density at radius 1 is 1.00 bits per heavy atom. The second-order valence-corrected chi connectivity index (χ2v) is 7.00. The van der Waals surface area contributed by atoms with E-state index in [-0.39, 0.29) is 12.2 Å². The molecule has 1 amide bonds.